The lowest BCUT2D eigenvalue weighted by atomic mass is 10.0. The molecule has 4 rings (SSSR count). The summed E-state index contributed by atoms with van der Waals surface area (Å²) in [5, 5.41) is 0.664. The molecule has 8 heteroatoms. The van der Waals surface area contributed by atoms with Crippen LogP contribution in [0.2, 0.25) is 5.02 Å². The number of hydrogen-bond donors (Lipinski definition) is 0. The van der Waals surface area contributed by atoms with Crippen molar-refractivity contribution in [2.75, 3.05) is 19.6 Å². The van der Waals surface area contributed by atoms with Crippen molar-refractivity contribution in [2.24, 2.45) is 0 Å². The van der Waals surface area contributed by atoms with E-state index < -0.39 is 20.7 Å². The van der Waals surface area contributed by atoms with E-state index in [1.165, 1.54) is 16.4 Å². The maximum atomic E-state index is 14.4. The van der Waals surface area contributed by atoms with Gasteiger partial charge in [-0.15, -0.1) is 0 Å². The molecular formula is C22H24ClFN2O3S. The quantitative estimate of drug-likeness (QED) is 0.688. The highest BCUT2D eigenvalue weighted by Crippen LogP contribution is 2.28. The Morgan fingerprint density at radius 2 is 1.80 bits per heavy atom. The molecule has 0 aromatic heterocycles. The van der Waals surface area contributed by atoms with Gasteiger partial charge in [0, 0.05) is 36.3 Å². The third-order valence-electron chi connectivity index (χ3n) is 5.91. The summed E-state index contributed by atoms with van der Waals surface area (Å²) in [7, 11) is -3.95. The first kappa shape index (κ1) is 21.3. The summed E-state index contributed by atoms with van der Waals surface area (Å²) in [5.41, 5.74) is 1.17. The maximum absolute atomic E-state index is 14.4. The Morgan fingerprint density at radius 1 is 1.07 bits per heavy atom. The molecule has 0 bridgehead atoms. The molecule has 1 unspecified atom stereocenters. The summed E-state index contributed by atoms with van der Waals surface area (Å²) >= 11 is 6.28. The topological polar surface area (TPSA) is 57.7 Å². The van der Waals surface area contributed by atoms with Crippen molar-refractivity contribution in [1.29, 1.82) is 0 Å². The van der Waals surface area contributed by atoms with Crippen LogP contribution >= 0.6 is 11.6 Å². The third-order valence-corrected chi connectivity index (χ3v) is 8.19. The predicted octanol–water partition coefficient (Wildman–Crippen LogP) is 4.11. The number of nitrogens with zero attached hydrogens (tertiary/aromatic N) is 2. The van der Waals surface area contributed by atoms with E-state index >= 15 is 0 Å². The molecule has 5 nitrogen and oxygen atoms in total. The Labute approximate surface area is 181 Å². The van der Waals surface area contributed by atoms with Crippen molar-refractivity contribution in [2.45, 2.75) is 43.0 Å². The monoisotopic (exact) mass is 450 g/mol. The zero-order valence-corrected chi connectivity index (χ0v) is 18.1. The summed E-state index contributed by atoms with van der Waals surface area (Å²) in [6.07, 6.45) is 3.86. The van der Waals surface area contributed by atoms with Crippen molar-refractivity contribution >= 4 is 27.5 Å². The highest BCUT2D eigenvalue weighted by atomic mass is 35.5. The summed E-state index contributed by atoms with van der Waals surface area (Å²) < 4.78 is 41.4. The van der Waals surface area contributed by atoms with Gasteiger partial charge in [-0.25, -0.2) is 12.8 Å². The molecular weight excluding hydrogens is 427 g/mol. The minimum Gasteiger partial charge on any atom is -0.335 e. The molecule has 0 spiro atoms. The van der Waals surface area contributed by atoms with E-state index in [4.69, 9.17) is 11.6 Å². The molecule has 2 saturated heterocycles. The van der Waals surface area contributed by atoms with E-state index in [2.05, 4.69) is 0 Å². The van der Waals surface area contributed by atoms with Crippen LogP contribution in [0.1, 0.15) is 41.6 Å². The molecule has 0 saturated carbocycles. The van der Waals surface area contributed by atoms with Gasteiger partial charge in [-0.05, 0) is 61.9 Å². The van der Waals surface area contributed by atoms with Crippen molar-refractivity contribution in [1.82, 2.24) is 9.21 Å². The Bertz CT molecular complexity index is 1050. The van der Waals surface area contributed by atoms with Gasteiger partial charge in [0.05, 0.1) is 0 Å². The number of rotatable bonds is 5. The molecule has 2 heterocycles. The van der Waals surface area contributed by atoms with Crippen molar-refractivity contribution in [3.8, 4) is 0 Å². The van der Waals surface area contributed by atoms with Crippen LogP contribution in [-0.4, -0.2) is 49.2 Å². The summed E-state index contributed by atoms with van der Waals surface area (Å²) in [6.45, 7) is 1.34. The van der Waals surface area contributed by atoms with Gasteiger partial charge in [0.15, 0.2) is 0 Å². The average Bonchev–Trinajstić information content (AvgIpc) is 3.42. The fourth-order valence-corrected chi connectivity index (χ4v) is 6.12. The van der Waals surface area contributed by atoms with E-state index in [1.807, 2.05) is 24.3 Å². The van der Waals surface area contributed by atoms with Crippen LogP contribution in [0, 0.1) is 5.82 Å². The van der Waals surface area contributed by atoms with Crippen LogP contribution in [0.15, 0.2) is 47.4 Å². The second-order valence-electron chi connectivity index (χ2n) is 7.85. The van der Waals surface area contributed by atoms with Gasteiger partial charge in [-0.1, -0.05) is 29.8 Å². The largest absolute Gasteiger partial charge is 0.335 e. The summed E-state index contributed by atoms with van der Waals surface area (Å²) in [5.74, 6) is -1.10. The van der Waals surface area contributed by atoms with E-state index in [0.717, 1.165) is 37.3 Å². The third kappa shape index (κ3) is 4.11. The van der Waals surface area contributed by atoms with Crippen molar-refractivity contribution in [3.63, 3.8) is 0 Å². The Balaban J connectivity index is 1.59. The van der Waals surface area contributed by atoms with Crippen LogP contribution in [0.3, 0.4) is 0 Å². The van der Waals surface area contributed by atoms with E-state index in [0.29, 0.717) is 31.1 Å². The number of sulfonamides is 1. The SMILES string of the molecule is O=C(c1ccc(F)c(S(=O)(=O)N2CCCC2)c1)N1CCCC1Cc1ccccc1Cl. The molecule has 0 aliphatic carbocycles. The van der Waals surface area contributed by atoms with E-state index in [-0.39, 0.29) is 17.5 Å². The van der Waals surface area contributed by atoms with Crippen LogP contribution in [0.4, 0.5) is 4.39 Å². The first-order valence-electron chi connectivity index (χ1n) is 10.2. The van der Waals surface area contributed by atoms with Gasteiger partial charge in [-0.2, -0.15) is 4.31 Å². The van der Waals surface area contributed by atoms with Gasteiger partial charge in [0.1, 0.15) is 10.7 Å². The zero-order valence-electron chi connectivity index (χ0n) is 16.6. The lowest BCUT2D eigenvalue weighted by Crippen LogP contribution is -2.37. The van der Waals surface area contributed by atoms with Crippen LogP contribution in [0.5, 0.6) is 0 Å². The van der Waals surface area contributed by atoms with Gasteiger partial charge in [-0.3, -0.25) is 4.79 Å². The summed E-state index contributed by atoms with van der Waals surface area (Å²) in [6, 6.07) is 11.2. The second-order valence-corrected chi connectivity index (χ2v) is 10.2. The Kier molecular flexibility index (Phi) is 6.14. The minimum absolute atomic E-state index is 0.0268. The molecule has 1 atom stereocenters. The number of carbonyl (C=O) groups is 1. The lowest BCUT2D eigenvalue weighted by molar-refractivity contribution is 0.0736. The van der Waals surface area contributed by atoms with Crippen LogP contribution < -0.4 is 0 Å². The highest BCUT2D eigenvalue weighted by molar-refractivity contribution is 7.89. The highest BCUT2D eigenvalue weighted by Gasteiger charge is 2.33. The normalized spacial score (nSPS) is 20.1. The van der Waals surface area contributed by atoms with Crippen molar-refractivity contribution in [3.05, 3.63) is 64.4 Å². The Hall–Kier alpha value is -1.96. The first-order chi connectivity index (χ1) is 14.4. The molecule has 160 valence electrons. The summed E-state index contributed by atoms with van der Waals surface area (Å²) in [4.78, 5) is 14.5. The number of likely N-dealkylation sites (tertiary alicyclic amines) is 1. The van der Waals surface area contributed by atoms with Gasteiger partial charge in [0.25, 0.3) is 5.91 Å². The molecule has 0 radical (unpaired) electrons. The first-order valence-corrected chi connectivity index (χ1v) is 12.0. The molecule has 2 aromatic carbocycles. The molecule has 2 aliphatic rings. The molecule has 2 aliphatic heterocycles. The number of halogens is 2. The van der Waals surface area contributed by atoms with Crippen molar-refractivity contribution < 1.29 is 17.6 Å². The maximum Gasteiger partial charge on any atom is 0.254 e. The van der Waals surface area contributed by atoms with Gasteiger partial charge >= 0.3 is 0 Å². The second kappa shape index (κ2) is 8.65. The van der Waals surface area contributed by atoms with E-state index in [1.54, 1.807) is 4.90 Å². The number of benzene rings is 2. The molecule has 1 amide bonds. The molecule has 2 aromatic rings. The number of carbonyl (C=O) groups excluding carboxylic acids is 1. The predicted molar refractivity (Wildman–Crippen MR) is 114 cm³/mol. The van der Waals surface area contributed by atoms with Crippen LogP contribution in [-0.2, 0) is 16.4 Å². The fraction of sp³-hybridized carbons (Fsp3) is 0.409. The van der Waals surface area contributed by atoms with Gasteiger partial charge < -0.3 is 4.90 Å². The minimum atomic E-state index is -3.95. The fourth-order valence-electron chi connectivity index (χ4n) is 4.30. The number of amides is 1. The average molecular weight is 451 g/mol. The molecule has 2 fully saturated rings. The smallest absolute Gasteiger partial charge is 0.254 e. The lowest BCUT2D eigenvalue weighted by Gasteiger charge is -2.26. The van der Waals surface area contributed by atoms with Gasteiger partial charge in [0.2, 0.25) is 10.0 Å². The Morgan fingerprint density at radius 3 is 2.53 bits per heavy atom. The van der Waals surface area contributed by atoms with E-state index in [9.17, 15) is 17.6 Å². The molecule has 30 heavy (non-hydrogen) atoms. The molecule has 0 N–H and O–H groups in total. The zero-order chi connectivity index (χ0) is 21.3. The van der Waals surface area contributed by atoms with Crippen LogP contribution in [0.25, 0.3) is 0 Å². The number of hydrogen-bond acceptors (Lipinski definition) is 3. The standard InChI is InChI=1S/C22H24ClFN2O3S/c23-19-8-2-1-6-16(19)14-18-7-5-13-26(18)22(27)17-9-10-20(24)21(15-17)30(28,29)25-11-3-4-12-25/h1-2,6,8-10,15,18H,3-5,7,11-14H2.